The summed E-state index contributed by atoms with van der Waals surface area (Å²) < 4.78 is 7.96. The van der Waals surface area contributed by atoms with Crippen molar-refractivity contribution in [3.63, 3.8) is 0 Å². The van der Waals surface area contributed by atoms with Gasteiger partial charge in [0.2, 0.25) is 0 Å². The predicted molar refractivity (Wildman–Crippen MR) is 107 cm³/mol. The topological polar surface area (TPSA) is 68.2 Å². The molecule has 27 heavy (non-hydrogen) atoms. The number of para-hydroxylation sites is 1. The molecule has 1 saturated heterocycles. The third kappa shape index (κ3) is 4.28. The van der Waals surface area contributed by atoms with Crippen molar-refractivity contribution in [3.05, 3.63) is 47.8 Å². The molecule has 1 aromatic heterocycles. The number of hydrogen-bond donors (Lipinski definition) is 2. The molecule has 0 aliphatic carbocycles. The largest absolute Gasteiger partial charge is 0.487 e. The van der Waals surface area contributed by atoms with Crippen LogP contribution in [0.5, 0.6) is 5.75 Å². The molecule has 6 nitrogen and oxygen atoms in total. The van der Waals surface area contributed by atoms with Gasteiger partial charge in [0.15, 0.2) is 0 Å². The molecule has 3 heterocycles. The fourth-order valence-electron chi connectivity index (χ4n) is 3.88. The average molecular weight is 391 g/mol. The predicted octanol–water partition coefficient (Wildman–Crippen LogP) is 3.26. The highest BCUT2D eigenvalue weighted by Gasteiger charge is 2.34. The van der Waals surface area contributed by atoms with Crippen LogP contribution in [-0.2, 0) is 0 Å². The van der Waals surface area contributed by atoms with E-state index in [-0.39, 0.29) is 30.0 Å². The van der Waals surface area contributed by atoms with Gasteiger partial charge in [-0.1, -0.05) is 18.2 Å². The van der Waals surface area contributed by atoms with Crippen molar-refractivity contribution in [1.29, 1.82) is 0 Å². The Morgan fingerprint density at radius 2 is 2.15 bits per heavy atom. The number of aromatic nitrogens is 2. The molecule has 146 valence electrons. The van der Waals surface area contributed by atoms with Crippen LogP contribution in [0.3, 0.4) is 0 Å². The number of halogens is 1. The molecule has 7 heteroatoms. The molecular weight excluding hydrogens is 364 g/mol. The zero-order chi connectivity index (χ0) is 18.1. The van der Waals surface area contributed by atoms with Crippen molar-refractivity contribution < 1.29 is 9.53 Å². The Labute approximate surface area is 166 Å². The third-order valence-electron chi connectivity index (χ3n) is 5.17. The number of hydrogen-bond acceptors (Lipinski definition) is 4. The minimum atomic E-state index is -0.320. The van der Waals surface area contributed by atoms with Crippen LogP contribution >= 0.6 is 12.4 Å². The number of nitrogens with one attached hydrogen (secondary N) is 2. The molecule has 2 unspecified atom stereocenters. The van der Waals surface area contributed by atoms with Crippen molar-refractivity contribution in [1.82, 2.24) is 20.4 Å². The molecule has 2 atom stereocenters. The third-order valence-corrected chi connectivity index (χ3v) is 5.17. The standard InChI is InChI=1S/C20H26N4O2.ClH/c1-20(2)12-17(15-7-3-4-8-18(15)26-20)22-19(25)16-9-11-24(23-16)14-6-5-10-21-13-14;/h3-4,7-9,11,14,17,21H,5-6,10,12-13H2,1-2H3,(H,22,25);1H. The van der Waals surface area contributed by atoms with E-state index in [1.54, 1.807) is 6.07 Å². The number of carbonyl (C=O) groups excluding carboxylic acids is 1. The summed E-state index contributed by atoms with van der Waals surface area (Å²) in [6.07, 6.45) is 4.87. The highest BCUT2D eigenvalue weighted by atomic mass is 35.5. The van der Waals surface area contributed by atoms with E-state index >= 15 is 0 Å². The summed E-state index contributed by atoms with van der Waals surface area (Å²) in [6.45, 7) is 6.06. The smallest absolute Gasteiger partial charge is 0.272 e. The number of carbonyl (C=O) groups is 1. The molecule has 1 aromatic carbocycles. The SMILES string of the molecule is CC1(C)CC(NC(=O)c2ccn(C3CCCNC3)n2)c2ccccc2O1.Cl. The van der Waals surface area contributed by atoms with E-state index in [4.69, 9.17) is 4.74 Å². The van der Waals surface area contributed by atoms with Gasteiger partial charge in [0.05, 0.1) is 12.1 Å². The van der Waals surface area contributed by atoms with Crippen molar-refractivity contribution in [2.45, 2.75) is 50.8 Å². The number of rotatable bonds is 3. The van der Waals surface area contributed by atoms with Crippen LogP contribution in [0.2, 0.25) is 0 Å². The molecule has 4 rings (SSSR count). The molecule has 0 saturated carbocycles. The van der Waals surface area contributed by atoms with Crippen LogP contribution in [0.25, 0.3) is 0 Å². The number of benzene rings is 1. The zero-order valence-corrected chi connectivity index (χ0v) is 16.6. The molecule has 0 spiro atoms. The molecule has 1 amide bonds. The molecule has 2 aliphatic heterocycles. The lowest BCUT2D eigenvalue weighted by Gasteiger charge is -2.37. The van der Waals surface area contributed by atoms with Gasteiger partial charge in [0, 0.05) is 24.7 Å². The number of piperidine rings is 1. The van der Waals surface area contributed by atoms with Gasteiger partial charge < -0.3 is 15.4 Å². The summed E-state index contributed by atoms with van der Waals surface area (Å²) in [5.74, 6) is 0.706. The number of nitrogens with zero attached hydrogens (tertiary/aromatic N) is 2. The van der Waals surface area contributed by atoms with Crippen molar-refractivity contribution in [3.8, 4) is 5.75 Å². The maximum absolute atomic E-state index is 12.8. The Bertz CT molecular complexity index is 799. The second-order valence-corrected chi connectivity index (χ2v) is 7.81. The summed E-state index contributed by atoms with van der Waals surface area (Å²) in [4.78, 5) is 12.8. The van der Waals surface area contributed by atoms with E-state index in [0.29, 0.717) is 11.7 Å². The molecule has 2 N–H and O–H groups in total. The first kappa shape index (κ1) is 19.7. The van der Waals surface area contributed by atoms with E-state index in [1.165, 1.54) is 0 Å². The molecule has 1 fully saturated rings. The Morgan fingerprint density at radius 3 is 2.93 bits per heavy atom. The number of ether oxygens (including phenoxy) is 1. The van der Waals surface area contributed by atoms with Crippen molar-refractivity contribution in [2.75, 3.05) is 13.1 Å². The van der Waals surface area contributed by atoms with E-state index in [0.717, 1.165) is 43.7 Å². The van der Waals surface area contributed by atoms with Crippen LogP contribution in [0.4, 0.5) is 0 Å². The first-order valence-electron chi connectivity index (χ1n) is 9.36. The van der Waals surface area contributed by atoms with E-state index in [1.807, 2.05) is 49.0 Å². The molecular formula is C20H27ClN4O2. The monoisotopic (exact) mass is 390 g/mol. The maximum Gasteiger partial charge on any atom is 0.272 e. The first-order chi connectivity index (χ1) is 12.5. The van der Waals surface area contributed by atoms with Gasteiger partial charge in [-0.3, -0.25) is 9.48 Å². The quantitative estimate of drug-likeness (QED) is 0.844. The van der Waals surface area contributed by atoms with Gasteiger partial charge in [0.25, 0.3) is 5.91 Å². The van der Waals surface area contributed by atoms with Crippen LogP contribution in [0.1, 0.15) is 61.2 Å². The second-order valence-electron chi connectivity index (χ2n) is 7.81. The minimum absolute atomic E-state index is 0. The summed E-state index contributed by atoms with van der Waals surface area (Å²) in [5.41, 5.74) is 1.17. The van der Waals surface area contributed by atoms with Gasteiger partial charge >= 0.3 is 0 Å². The number of amides is 1. The summed E-state index contributed by atoms with van der Waals surface area (Å²) in [5, 5.41) is 11.1. The van der Waals surface area contributed by atoms with Gasteiger partial charge in [0.1, 0.15) is 17.0 Å². The van der Waals surface area contributed by atoms with Crippen LogP contribution < -0.4 is 15.4 Å². The highest BCUT2D eigenvalue weighted by molar-refractivity contribution is 5.92. The fourth-order valence-corrected chi connectivity index (χ4v) is 3.88. The van der Waals surface area contributed by atoms with Gasteiger partial charge in [-0.25, -0.2) is 0 Å². The highest BCUT2D eigenvalue weighted by Crippen LogP contribution is 2.39. The minimum Gasteiger partial charge on any atom is -0.487 e. The van der Waals surface area contributed by atoms with Crippen LogP contribution in [-0.4, -0.2) is 34.4 Å². The molecule has 0 radical (unpaired) electrons. The molecule has 2 aromatic rings. The lowest BCUT2D eigenvalue weighted by molar-refractivity contribution is 0.0618. The Kier molecular flexibility index (Phi) is 5.77. The van der Waals surface area contributed by atoms with Crippen LogP contribution in [0, 0.1) is 0 Å². The van der Waals surface area contributed by atoms with Crippen molar-refractivity contribution >= 4 is 18.3 Å². The normalized spacial score (nSPS) is 23.5. The zero-order valence-electron chi connectivity index (χ0n) is 15.8. The lowest BCUT2D eigenvalue weighted by Crippen LogP contribution is -2.41. The molecule has 0 bridgehead atoms. The second kappa shape index (κ2) is 7.90. The number of fused-ring (bicyclic) bond motifs is 1. The summed E-state index contributed by atoms with van der Waals surface area (Å²) >= 11 is 0. The summed E-state index contributed by atoms with van der Waals surface area (Å²) in [7, 11) is 0. The van der Waals surface area contributed by atoms with Crippen LogP contribution in [0.15, 0.2) is 36.5 Å². The van der Waals surface area contributed by atoms with E-state index in [2.05, 4.69) is 15.7 Å². The maximum atomic E-state index is 12.8. The van der Waals surface area contributed by atoms with E-state index < -0.39 is 0 Å². The Balaban J connectivity index is 0.00000210. The van der Waals surface area contributed by atoms with Gasteiger partial charge in [-0.2, -0.15) is 5.10 Å². The fraction of sp³-hybridized carbons (Fsp3) is 0.500. The Hall–Kier alpha value is -2.05. The average Bonchev–Trinajstić information content (AvgIpc) is 3.12. The van der Waals surface area contributed by atoms with Crippen molar-refractivity contribution in [2.24, 2.45) is 0 Å². The Morgan fingerprint density at radius 1 is 1.33 bits per heavy atom. The van der Waals surface area contributed by atoms with Gasteiger partial charge in [-0.15, -0.1) is 12.4 Å². The van der Waals surface area contributed by atoms with E-state index in [9.17, 15) is 4.79 Å². The molecule has 2 aliphatic rings. The lowest BCUT2D eigenvalue weighted by atomic mass is 9.89. The summed E-state index contributed by atoms with van der Waals surface area (Å²) in [6, 6.07) is 9.96. The first-order valence-corrected chi connectivity index (χ1v) is 9.36. The van der Waals surface area contributed by atoms with Gasteiger partial charge in [-0.05, 0) is 45.4 Å².